The first-order valence-electron chi connectivity index (χ1n) is 6.02. The zero-order valence-corrected chi connectivity index (χ0v) is 12.2. The van der Waals surface area contributed by atoms with Crippen molar-refractivity contribution in [3.8, 4) is 0 Å². The highest BCUT2D eigenvalue weighted by Crippen LogP contribution is 2.32. The Kier molecular flexibility index (Phi) is 5.35. The molecule has 114 valence electrons. The SMILES string of the molecule is O=C(N[C@@H]1COCO[C@@H]1c1ccccc1[N+](=O)[O-])C(Cl)Cl. The number of hydrogen-bond acceptors (Lipinski definition) is 5. The molecule has 0 spiro atoms. The third kappa shape index (κ3) is 3.82. The fourth-order valence-corrected chi connectivity index (χ4v) is 2.19. The number of nitrogens with one attached hydrogen (secondary N) is 1. The molecule has 1 aromatic rings. The molecule has 1 amide bonds. The zero-order chi connectivity index (χ0) is 15.4. The maximum atomic E-state index is 11.6. The Bertz CT molecular complexity index is 540. The molecule has 0 aromatic heterocycles. The van der Waals surface area contributed by atoms with E-state index in [-0.39, 0.29) is 19.1 Å². The summed E-state index contributed by atoms with van der Waals surface area (Å²) in [6.45, 7) is 0.122. The fourth-order valence-electron chi connectivity index (χ4n) is 2.06. The molecule has 0 aliphatic carbocycles. The lowest BCUT2D eigenvalue weighted by atomic mass is 10.00. The molecule has 9 heteroatoms. The Labute approximate surface area is 130 Å². The van der Waals surface area contributed by atoms with Gasteiger partial charge in [-0.15, -0.1) is 0 Å². The van der Waals surface area contributed by atoms with E-state index in [0.29, 0.717) is 5.56 Å². The van der Waals surface area contributed by atoms with Gasteiger partial charge in [0, 0.05) is 6.07 Å². The lowest BCUT2D eigenvalue weighted by molar-refractivity contribution is -0.386. The van der Waals surface area contributed by atoms with Gasteiger partial charge in [0.15, 0.2) is 4.84 Å². The third-order valence-electron chi connectivity index (χ3n) is 2.96. The maximum absolute atomic E-state index is 11.6. The zero-order valence-electron chi connectivity index (χ0n) is 10.7. The molecule has 0 bridgehead atoms. The van der Waals surface area contributed by atoms with E-state index in [2.05, 4.69) is 5.32 Å². The molecule has 0 unspecified atom stereocenters. The molecule has 0 radical (unpaired) electrons. The van der Waals surface area contributed by atoms with E-state index in [1.807, 2.05) is 0 Å². The number of alkyl halides is 2. The molecule has 1 aromatic carbocycles. The first kappa shape index (κ1) is 16.0. The summed E-state index contributed by atoms with van der Waals surface area (Å²) in [4.78, 5) is 20.9. The highest BCUT2D eigenvalue weighted by atomic mass is 35.5. The molecule has 1 aliphatic heterocycles. The lowest BCUT2D eigenvalue weighted by Crippen LogP contribution is -2.48. The largest absolute Gasteiger partial charge is 0.353 e. The minimum absolute atomic E-state index is 0.0196. The number of nitro groups is 1. The van der Waals surface area contributed by atoms with Gasteiger partial charge in [0.1, 0.15) is 12.9 Å². The molecule has 2 rings (SSSR count). The van der Waals surface area contributed by atoms with Crippen LogP contribution in [0.25, 0.3) is 0 Å². The quantitative estimate of drug-likeness (QED) is 0.516. The van der Waals surface area contributed by atoms with Crippen molar-refractivity contribution in [3.05, 3.63) is 39.9 Å². The molecule has 2 atom stereocenters. The van der Waals surface area contributed by atoms with Gasteiger partial charge in [-0.2, -0.15) is 0 Å². The number of ether oxygens (including phenoxy) is 2. The summed E-state index contributed by atoms with van der Waals surface area (Å²) in [5.74, 6) is -0.610. The minimum Gasteiger partial charge on any atom is -0.353 e. The van der Waals surface area contributed by atoms with Gasteiger partial charge in [-0.3, -0.25) is 14.9 Å². The lowest BCUT2D eigenvalue weighted by Gasteiger charge is -2.32. The summed E-state index contributed by atoms with van der Waals surface area (Å²) < 4.78 is 10.5. The van der Waals surface area contributed by atoms with Crippen LogP contribution in [0.2, 0.25) is 0 Å². The van der Waals surface area contributed by atoms with Crippen LogP contribution in [0, 0.1) is 10.1 Å². The minimum atomic E-state index is -1.24. The molecule has 1 saturated heterocycles. The molecule has 1 aliphatic rings. The average Bonchev–Trinajstić information content (AvgIpc) is 2.47. The highest BCUT2D eigenvalue weighted by Gasteiger charge is 2.34. The van der Waals surface area contributed by atoms with Crippen molar-refractivity contribution in [3.63, 3.8) is 0 Å². The first-order valence-corrected chi connectivity index (χ1v) is 6.89. The molecule has 21 heavy (non-hydrogen) atoms. The van der Waals surface area contributed by atoms with Crippen LogP contribution in [0.3, 0.4) is 0 Å². The molecule has 1 N–H and O–H groups in total. The Morgan fingerprint density at radius 1 is 1.43 bits per heavy atom. The number of hydrogen-bond donors (Lipinski definition) is 1. The normalized spacial score (nSPS) is 22.0. The van der Waals surface area contributed by atoms with E-state index < -0.39 is 27.8 Å². The number of halogens is 2. The Morgan fingerprint density at radius 2 is 2.14 bits per heavy atom. The predicted molar refractivity (Wildman–Crippen MR) is 75.2 cm³/mol. The van der Waals surface area contributed by atoms with Gasteiger partial charge in [0.2, 0.25) is 0 Å². The van der Waals surface area contributed by atoms with Crippen LogP contribution < -0.4 is 5.32 Å². The molecule has 1 heterocycles. The van der Waals surface area contributed by atoms with E-state index in [0.717, 1.165) is 0 Å². The smallest absolute Gasteiger partial charge is 0.275 e. The monoisotopic (exact) mass is 334 g/mol. The van der Waals surface area contributed by atoms with Crippen molar-refractivity contribution in [1.29, 1.82) is 0 Å². The second-order valence-electron chi connectivity index (χ2n) is 4.31. The Hall–Kier alpha value is -1.41. The standard InChI is InChI=1S/C12H12Cl2N2O5/c13-11(14)12(17)15-8-5-20-6-21-10(8)7-3-1-2-4-9(7)16(18)19/h1-4,8,10-11H,5-6H2,(H,15,17)/t8-,10-/m1/s1. The Balaban J connectivity index is 2.27. The van der Waals surface area contributed by atoms with Crippen molar-refractivity contribution in [2.45, 2.75) is 17.0 Å². The summed E-state index contributed by atoms with van der Waals surface area (Å²) in [7, 11) is 0. The Morgan fingerprint density at radius 3 is 2.81 bits per heavy atom. The molecule has 1 fully saturated rings. The summed E-state index contributed by atoms with van der Waals surface area (Å²) in [5, 5.41) is 13.6. The van der Waals surface area contributed by atoms with Crippen LogP contribution in [0.1, 0.15) is 11.7 Å². The number of rotatable bonds is 4. The number of para-hydroxylation sites is 1. The van der Waals surface area contributed by atoms with Crippen molar-refractivity contribution >= 4 is 34.8 Å². The second kappa shape index (κ2) is 7.04. The van der Waals surface area contributed by atoms with Crippen LogP contribution in [0.15, 0.2) is 24.3 Å². The van der Waals surface area contributed by atoms with Gasteiger partial charge in [-0.05, 0) is 6.07 Å². The molecule has 7 nitrogen and oxygen atoms in total. The van der Waals surface area contributed by atoms with E-state index in [1.54, 1.807) is 18.2 Å². The van der Waals surface area contributed by atoms with E-state index in [9.17, 15) is 14.9 Å². The van der Waals surface area contributed by atoms with Crippen LogP contribution in [0.5, 0.6) is 0 Å². The molecular formula is C12H12Cl2N2O5. The summed E-state index contributed by atoms with van der Waals surface area (Å²) >= 11 is 11.0. The van der Waals surface area contributed by atoms with E-state index >= 15 is 0 Å². The van der Waals surface area contributed by atoms with Gasteiger partial charge in [-0.1, -0.05) is 35.3 Å². The van der Waals surface area contributed by atoms with Crippen molar-refractivity contribution < 1.29 is 19.2 Å². The van der Waals surface area contributed by atoms with Crippen molar-refractivity contribution in [2.75, 3.05) is 13.4 Å². The summed E-state index contributed by atoms with van der Waals surface area (Å²) in [6, 6.07) is 5.55. The molecular weight excluding hydrogens is 323 g/mol. The summed E-state index contributed by atoms with van der Waals surface area (Å²) in [6.07, 6.45) is -0.712. The highest BCUT2D eigenvalue weighted by molar-refractivity contribution is 6.53. The van der Waals surface area contributed by atoms with Crippen LogP contribution in [-0.2, 0) is 14.3 Å². The van der Waals surface area contributed by atoms with E-state index in [4.69, 9.17) is 32.7 Å². The maximum Gasteiger partial charge on any atom is 0.275 e. The van der Waals surface area contributed by atoms with Gasteiger partial charge >= 0.3 is 0 Å². The number of nitro benzene ring substituents is 1. The van der Waals surface area contributed by atoms with Crippen LogP contribution >= 0.6 is 23.2 Å². The number of benzene rings is 1. The number of carbonyl (C=O) groups excluding carboxylic acids is 1. The van der Waals surface area contributed by atoms with E-state index in [1.165, 1.54) is 6.07 Å². The second-order valence-corrected chi connectivity index (χ2v) is 5.40. The van der Waals surface area contributed by atoms with Gasteiger partial charge in [-0.25, -0.2) is 0 Å². The average molecular weight is 335 g/mol. The first-order chi connectivity index (χ1) is 10.0. The van der Waals surface area contributed by atoms with Gasteiger partial charge in [0.05, 0.1) is 23.1 Å². The summed E-state index contributed by atoms with van der Waals surface area (Å²) in [5.41, 5.74) is 0.272. The number of amides is 1. The van der Waals surface area contributed by atoms with Crippen LogP contribution in [-0.4, -0.2) is 35.1 Å². The van der Waals surface area contributed by atoms with Crippen LogP contribution in [0.4, 0.5) is 5.69 Å². The molecule has 0 saturated carbocycles. The third-order valence-corrected chi connectivity index (χ3v) is 3.36. The van der Waals surface area contributed by atoms with Crippen molar-refractivity contribution in [2.24, 2.45) is 0 Å². The topological polar surface area (TPSA) is 90.7 Å². The predicted octanol–water partition coefficient (Wildman–Crippen LogP) is 1.93. The van der Waals surface area contributed by atoms with Gasteiger partial charge < -0.3 is 14.8 Å². The fraction of sp³-hybridized carbons (Fsp3) is 0.417. The van der Waals surface area contributed by atoms with Gasteiger partial charge in [0.25, 0.3) is 11.6 Å². The number of carbonyl (C=O) groups is 1. The number of nitrogens with zero attached hydrogens (tertiary/aromatic N) is 1. The van der Waals surface area contributed by atoms with Crippen molar-refractivity contribution in [1.82, 2.24) is 5.32 Å².